The van der Waals surface area contributed by atoms with Gasteiger partial charge in [-0.1, -0.05) is 17.7 Å². The third kappa shape index (κ3) is 5.34. The Bertz CT molecular complexity index is 1400. The van der Waals surface area contributed by atoms with Crippen molar-refractivity contribution in [2.75, 3.05) is 11.9 Å². The fourth-order valence-corrected chi connectivity index (χ4v) is 4.77. The molecule has 1 aliphatic rings. The SMILES string of the molecule is Cc1cc(/C=C2\SC(=O)N(CC(=O)Nc3cccc(C(F)(F)F)c3)C2=O)c(C)n1-c1ccc(Cl)cc1. The summed E-state index contributed by atoms with van der Waals surface area (Å²) in [7, 11) is 0. The molecule has 0 saturated carbocycles. The second-order valence-electron chi connectivity index (χ2n) is 8.03. The standard InChI is InChI=1S/C25H19ClF3N3O3S/c1-14-10-16(15(2)32(14)20-8-6-18(26)7-9-20)11-21-23(34)31(24(35)36-21)13-22(33)30-19-5-3-4-17(12-19)25(27,28)29/h3-12H,13H2,1-2H3,(H,30,33)/b21-11-. The van der Waals surface area contributed by atoms with E-state index < -0.39 is 35.3 Å². The molecule has 1 fully saturated rings. The fraction of sp³-hybridized carbons (Fsp3) is 0.160. The first-order valence-corrected chi connectivity index (χ1v) is 11.8. The number of imide groups is 1. The van der Waals surface area contributed by atoms with Crippen molar-refractivity contribution in [1.82, 2.24) is 9.47 Å². The minimum atomic E-state index is -4.57. The molecule has 0 aliphatic carbocycles. The number of aromatic nitrogens is 1. The van der Waals surface area contributed by atoms with Gasteiger partial charge in [-0.2, -0.15) is 13.2 Å². The molecule has 0 spiro atoms. The zero-order chi connectivity index (χ0) is 26.2. The first kappa shape index (κ1) is 25.6. The molecular weight excluding hydrogens is 515 g/mol. The Morgan fingerprint density at radius 3 is 2.44 bits per heavy atom. The summed E-state index contributed by atoms with van der Waals surface area (Å²) in [5, 5.41) is 2.26. The molecule has 186 valence electrons. The number of hydrogen-bond acceptors (Lipinski definition) is 4. The third-order valence-corrected chi connectivity index (χ3v) is 6.65. The molecule has 1 aromatic heterocycles. The average molecular weight is 534 g/mol. The molecule has 11 heteroatoms. The highest BCUT2D eigenvalue weighted by Gasteiger charge is 2.37. The normalized spacial score (nSPS) is 15.2. The molecule has 0 atom stereocenters. The van der Waals surface area contributed by atoms with Gasteiger partial charge in [-0.05, 0) is 85.8 Å². The van der Waals surface area contributed by atoms with Gasteiger partial charge in [-0.25, -0.2) is 0 Å². The smallest absolute Gasteiger partial charge is 0.325 e. The molecule has 0 radical (unpaired) electrons. The summed E-state index contributed by atoms with van der Waals surface area (Å²) in [6, 6.07) is 13.2. The predicted molar refractivity (Wildman–Crippen MR) is 133 cm³/mol. The van der Waals surface area contributed by atoms with Gasteiger partial charge in [0, 0.05) is 27.8 Å². The maximum atomic E-state index is 12.9. The van der Waals surface area contributed by atoms with Crippen LogP contribution in [0.2, 0.25) is 5.02 Å². The number of nitrogens with zero attached hydrogens (tertiary/aromatic N) is 2. The molecule has 0 bridgehead atoms. The molecule has 3 aromatic rings. The molecule has 6 nitrogen and oxygen atoms in total. The summed E-state index contributed by atoms with van der Waals surface area (Å²) >= 11 is 6.67. The van der Waals surface area contributed by atoms with Gasteiger partial charge >= 0.3 is 6.18 Å². The van der Waals surface area contributed by atoms with E-state index in [4.69, 9.17) is 11.6 Å². The summed E-state index contributed by atoms with van der Waals surface area (Å²) in [4.78, 5) is 38.6. The molecule has 1 N–H and O–H groups in total. The number of anilines is 1. The molecule has 0 unspecified atom stereocenters. The summed E-state index contributed by atoms with van der Waals surface area (Å²) in [6.45, 7) is 3.16. The van der Waals surface area contributed by atoms with Crippen molar-refractivity contribution in [3.8, 4) is 5.69 Å². The Morgan fingerprint density at radius 1 is 1.08 bits per heavy atom. The van der Waals surface area contributed by atoms with E-state index in [-0.39, 0.29) is 10.6 Å². The molecule has 4 rings (SSSR count). The van der Waals surface area contributed by atoms with Crippen molar-refractivity contribution < 1.29 is 27.6 Å². The van der Waals surface area contributed by atoms with Gasteiger partial charge in [-0.15, -0.1) is 0 Å². The van der Waals surface area contributed by atoms with Crippen molar-refractivity contribution in [2.24, 2.45) is 0 Å². The lowest BCUT2D eigenvalue weighted by Gasteiger charge is -2.13. The van der Waals surface area contributed by atoms with E-state index in [0.717, 1.165) is 45.7 Å². The van der Waals surface area contributed by atoms with Crippen LogP contribution < -0.4 is 5.32 Å². The second kappa shape index (κ2) is 9.87. The first-order valence-electron chi connectivity index (χ1n) is 10.6. The van der Waals surface area contributed by atoms with Crippen molar-refractivity contribution in [2.45, 2.75) is 20.0 Å². The Hall–Kier alpha value is -3.50. The quantitative estimate of drug-likeness (QED) is 0.383. The highest BCUT2D eigenvalue weighted by atomic mass is 35.5. The van der Waals surface area contributed by atoms with Gasteiger partial charge in [0.1, 0.15) is 6.54 Å². The van der Waals surface area contributed by atoms with Crippen molar-refractivity contribution >= 4 is 52.2 Å². The number of hydrogen-bond donors (Lipinski definition) is 1. The van der Waals surface area contributed by atoms with E-state index in [2.05, 4.69) is 5.32 Å². The van der Waals surface area contributed by atoms with Crippen LogP contribution in [0.1, 0.15) is 22.5 Å². The number of nitrogens with one attached hydrogen (secondary N) is 1. The minimum Gasteiger partial charge on any atom is -0.325 e. The van der Waals surface area contributed by atoms with E-state index in [1.165, 1.54) is 6.07 Å². The summed E-state index contributed by atoms with van der Waals surface area (Å²) in [5.41, 5.74) is 2.33. The highest BCUT2D eigenvalue weighted by Crippen LogP contribution is 2.34. The van der Waals surface area contributed by atoms with E-state index in [9.17, 15) is 27.6 Å². The number of rotatable bonds is 5. The van der Waals surface area contributed by atoms with Crippen LogP contribution in [0.25, 0.3) is 11.8 Å². The fourth-order valence-electron chi connectivity index (χ4n) is 3.82. The Morgan fingerprint density at radius 2 is 1.78 bits per heavy atom. The van der Waals surface area contributed by atoms with Crippen LogP contribution in [-0.4, -0.2) is 33.1 Å². The van der Waals surface area contributed by atoms with Crippen LogP contribution in [0.5, 0.6) is 0 Å². The monoisotopic (exact) mass is 533 g/mol. The highest BCUT2D eigenvalue weighted by molar-refractivity contribution is 8.18. The van der Waals surface area contributed by atoms with E-state index in [1.807, 2.05) is 36.6 Å². The van der Waals surface area contributed by atoms with E-state index in [0.29, 0.717) is 16.8 Å². The number of benzene rings is 2. The number of aryl methyl sites for hydroxylation is 1. The third-order valence-electron chi connectivity index (χ3n) is 5.49. The zero-order valence-electron chi connectivity index (χ0n) is 19.0. The number of halogens is 4. The van der Waals surface area contributed by atoms with Gasteiger partial charge in [-0.3, -0.25) is 19.3 Å². The van der Waals surface area contributed by atoms with Gasteiger partial charge < -0.3 is 9.88 Å². The molecule has 1 saturated heterocycles. The van der Waals surface area contributed by atoms with Crippen molar-refractivity contribution in [3.05, 3.63) is 87.0 Å². The van der Waals surface area contributed by atoms with Gasteiger partial charge in [0.2, 0.25) is 5.91 Å². The van der Waals surface area contributed by atoms with Crippen molar-refractivity contribution in [1.29, 1.82) is 0 Å². The van der Waals surface area contributed by atoms with Crippen LogP contribution in [-0.2, 0) is 15.8 Å². The lowest BCUT2D eigenvalue weighted by atomic mass is 10.2. The lowest BCUT2D eigenvalue weighted by molar-refractivity contribution is -0.137. The number of carbonyl (C=O) groups excluding carboxylic acids is 3. The van der Waals surface area contributed by atoms with Crippen LogP contribution in [0, 0.1) is 13.8 Å². The number of amides is 3. The maximum Gasteiger partial charge on any atom is 0.416 e. The van der Waals surface area contributed by atoms with Crippen LogP contribution >= 0.6 is 23.4 Å². The average Bonchev–Trinajstić information content (AvgIpc) is 3.23. The predicted octanol–water partition coefficient (Wildman–Crippen LogP) is 6.44. The largest absolute Gasteiger partial charge is 0.416 e. The molecule has 2 heterocycles. The van der Waals surface area contributed by atoms with E-state index >= 15 is 0 Å². The summed E-state index contributed by atoms with van der Waals surface area (Å²) in [5.74, 6) is -1.45. The number of alkyl halides is 3. The van der Waals surface area contributed by atoms with Crippen molar-refractivity contribution in [3.63, 3.8) is 0 Å². The van der Waals surface area contributed by atoms with Crippen LogP contribution in [0.4, 0.5) is 23.7 Å². The van der Waals surface area contributed by atoms with Gasteiger partial charge in [0.15, 0.2) is 0 Å². The molecule has 3 amide bonds. The minimum absolute atomic E-state index is 0.0908. The molecular formula is C25H19ClF3N3O3S. The van der Waals surface area contributed by atoms with Crippen LogP contribution in [0.15, 0.2) is 59.5 Å². The van der Waals surface area contributed by atoms with Gasteiger partial charge in [0.25, 0.3) is 11.1 Å². The Balaban J connectivity index is 1.50. The molecule has 1 aliphatic heterocycles. The zero-order valence-corrected chi connectivity index (χ0v) is 20.6. The number of carbonyl (C=O) groups is 3. The van der Waals surface area contributed by atoms with Gasteiger partial charge in [0.05, 0.1) is 10.5 Å². The first-order chi connectivity index (χ1) is 16.9. The Labute approximate surface area is 213 Å². The Kier molecular flexibility index (Phi) is 7.01. The summed E-state index contributed by atoms with van der Waals surface area (Å²) in [6.07, 6.45) is -2.98. The summed E-state index contributed by atoms with van der Waals surface area (Å²) < 4.78 is 40.7. The second-order valence-corrected chi connectivity index (χ2v) is 9.46. The lowest BCUT2D eigenvalue weighted by Crippen LogP contribution is -2.36. The van der Waals surface area contributed by atoms with E-state index in [1.54, 1.807) is 18.2 Å². The van der Waals surface area contributed by atoms with Crippen LogP contribution in [0.3, 0.4) is 0 Å². The molecule has 36 heavy (non-hydrogen) atoms. The maximum absolute atomic E-state index is 12.9. The number of thioether (sulfide) groups is 1. The topological polar surface area (TPSA) is 71.4 Å². The molecule has 2 aromatic carbocycles.